The Bertz CT molecular complexity index is 552. The molecule has 1 aromatic carbocycles. The molecular formula is C15H21N3O2. The molecule has 0 aliphatic rings. The number of aromatic nitrogens is 2. The Morgan fingerprint density at radius 2 is 1.95 bits per heavy atom. The molecule has 108 valence electrons. The summed E-state index contributed by atoms with van der Waals surface area (Å²) < 4.78 is 10.7. The van der Waals surface area contributed by atoms with E-state index < -0.39 is 0 Å². The minimum absolute atomic E-state index is 0.194. The quantitative estimate of drug-likeness (QED) is 0.850. The Hall–Kier alpha value is -2.01. The minimum atomic E-state index is 0.194. The van der Waals surface area contributed by atoms with E-state index in [1.54, 1.807) is 20.4 Å². The molecule has 0 fully saturated rings. The molecule has 0 spiro atoms. The maximum absolute atomic E-state index is 5.36. The van der Waals surface area contributed by atoms with E-state index in [0.717, 1.165) is 17.3 Å². The highest BCUT2D eigenvalue weighted by Gasteiger charge is 2.13. The highest BCUT2D eigenvalue weighted by Crippen LogP contribution is 2.32. The number of nitrogens with one attached hydrogen (secondary N) is 2. The van der Waals surface area contributed by atoms with Crippen LogP contribution in [0.1, 0.15) is 29.9 Å². The summed E-state index contributed by atoms with van der Waals surface area (Å²) in [4.78, 5) is 7.28. The molecule has 0 bridgehead atoms. The van der Waals surface area contributed by atoms with Gasteiger partial charge in [0.15, 0.2) is 11.5 Å². The molecule has 2 aromatic rings. The number of ether oxygens (including phenoxy) is 2. The van der Waals surface area contributed by atoms with Crippen molar-refractivity contribution in [3.63, 3.8) is 0 Å². The fourth-order valence-corrected chi connectivity index (χ4v) is 2.22. The monoisotopic (exact) mass is 275 g/mol. The first-order valence-corrected chi connectivity index (χ1v) is 6.60. The van der Waals surface area contributed by atoms with Crippen LogP contribution in [0.5, 0.6) is 11.5 Å². The van der Waals surface area contributed by atoms with E-state index in [9.17, 15) is 0 Å². The normalized spacial score (nSPS) is 12.2. The van der Waals surface area contributed by atoms with Crippen LogP contribution in [0.4, 0.5) is 0 Å². The maximum atomic E-state index is 5.36. The molecule has 2 rings (SSSR count). The lowest BCUT2D eigenvalue weighted by Crippen LogP contribution is -2.19. The van der Waals surface area contributed by atoms with Crippen molar-refractivity contribution in [1.29, 1.82) is 0 Å². The SMILES string of the molecule is COc1cc(C)c(C(C)NCc2ncc[nH]2)cc1OC. The Morgan fingerprint density at radius 1 is 1.25 bits per heavy atom. The number of hydrogen-bond acceptors (Lipinski definition) is 4. The predicted molar refractivity (Wildman–Crippen MR) is 78.1 cm³/mol. The van der Waals surface area contributed by atoms with E-state index in [4.69, 9.17) is 9.47 Å². The number of hydrogen-bond donors (Lipinski definition) is 2. The van der Waals surface area contributed by atoms with Gasteiger partial charge in [0.25, 0.3) is 0 Å². The van der Waals surface area contributed by atoms with Crippen molar-refractivity contribution < 1.29 is 9.47 Å². The van der Waals surface area contributed by atoms with Gasteiger partial charge in [0, 0.05) is 18.4 Å². The molecule has 1 unspecified atom stereocenters. The number of imidazole rings is 1. The van der Waals surface area contributed by atoms with Crippen molar-refractivity contribution in [1.82, 2.24) is 15.3 Å². The predicted octanol–water partition coefficient (Wildman–Crippen LogP) is 2.59. The van der Waals surface area contributed by atoms with Gasteiger partial charge in [0.1, 0.15) is 5.82 Å². The van der Waals surface area contributed by atoms with Gasteiger partial charge >= 0.3 is 0 Å². The smallest absolute Gasteiger partial charge is 0.161 e. The van der Waals surface area contributed by atoms with Gasteiger partial charge in [-0.15, -0.1) is 0 Å². The third-order valence-electron chi connectivity index (χ3n) is 3.37. The molecular weight excluding hydrogens is 254 g/mol. The third kappa shape index (κ3) is 3.11. The van der Waals surface area contributed by atoms with E-state index in [2.05, 4.69) is 29.1 Å². The topological polar surface area (TPSA) is 59.2 Å². The summed E-state index contributed by atoms with van der Waals surface area (Å²) in [6.45, 7) is 4.89. The summed E-state index contributed by atoms with van der Waals surface area (Å²) in [5.74, 6) is 2.43. The summed E-state index contributed by atoms with van der Waals surface area (Å²) in [5.41, 5.74) is 2.36. The Morgan fingerprint density at radius 3 is 2.55 bits per heavy atom. The van der Waals surface area contributed by atoms with Crippen LogP contribution in [0.15, 0.2) is 24.5 Å². The highest BCUT2D eigenvalue weighted by molar-refractivity contribution is 5.47. The van der Waals surface area contributed by atoms with Crippen LogP contribution < -0.4 is 14.8 Å². The van der Waals surface area contributed by atoms with E-state index in [1.165, 1.54) is 11.1 Å². The first-order chi connectivity index (χ1) is 9.65. The number of nitrogens with zero attached hydrogens (tertiary/aromatic N) is 1. The largest absolute Gasteiger partial charge is 0.493 e. The molecule has 1 atom stereocenters. The van der Waals surface area contributed by atoms with Crippen molar-refractivity contribution in [2.45, 2.75) is 26.4 Å². The average Bonchev–Trinajstić information content (AvgIpc) is 2.97. The molecule has 0 radical (unpaired) electrons. The van der Waals surface area contributed by atoms with Gasteiger partial charge in [-0.3, -0.25) is 0 Å². The highest BCUT2D eigenvalue weighted by atomic mass is 16.5. The molecule has 2 N–H and O–H groups in total. The maximum Gasteiger partial charge on any atom is 0.161 e. The molecule has 1 aromatic heterocycles. The van der Waals surface area contributed by atoms with Gasteiger partial charge in [-0.25, -0.2) is 4.98 Å². The molecule has 0 amide bonds. The van der Waals surface area contributed by atoms with Crippen LogP contribution in [0, 0.1) is 6.92 Å². The number of aromatic amines is 1. The molecule has 5 nitrogen and oxygen atoms in total. The van der Waals surface area contributed by atoms with Crippen LogP contribution in [0.3, 0.4) is 0 Å². The number of H-pyrrole nitrogens is 1. The van der Waals surface area contributed by atoms with E-state index >= 15 is 0 Å². The minimum Gasteiger partial charge on any atom is -0.493 e. The number of aryl methyl sites for hydroxylation is 1. The Kier molecular flexibility index (Phi) is 4.63. The van der Waals surface area contributed by atoms with Crippen LogP contribution in [-0.2, 0) is 6.54 Å². The van der Waals surface area contributed by atoms with Crippen LogP contribution in [-0.4, -0.2) is 24.2 Å². The lowest BCUT2D eigenvalue weighted by molar-refractivity contribution is 0.353. The van der Waals surface area contributed by atoms with Gasteiger partial charge in [0.2, 0.25) is 0 Å². The zero-order valence-corrected chi connectivity index (χ0v) is 12.4. The first kappa shape index (κ1) is 14.4. The van der Waals surface area contributed by atoms with Gasteiger partial charge in [0.05, 0.1) is 20.8 Å². The molecule has 0 aliphatic heterocycles. The summed E-state index contributed by atoms with van der Waals surface area (Å²) in [5, 5.41) is 3.44. The first-order valence-electron chi connectivity index (χ1n) is 6.60. The van der Waals surface area contributed by atoms with Gasteiger partial charge in [-0.2, -0.15) is 0 Å². The summed E-state index contributed by atoms with van der Waals surface area (Å²) in [7, 11) is 3.30. The fourth-order valence-electron chi connectivity index (χ4n) is 2.22. The van der Waals surface area contributed by atoms with Crippen molar-refractivity contribution >= 4 is 0 Å². The Balaban J connectivity index is 2.14. The third-order valence-corrected chi connectivity index (χ3v) is 3.37. The molecule has 1 heterocycles. The zero-order chi connectivity index (χ0) is 14.5. The summed E-state index contributed by atoms with van der Waals surface area (Å²) in [6, 6.07) is 4.22. The van der Waals surface area contributed by atoms with Crippen LogP contribution in [0.2, 0.25) is 0 Å². The van der Waals surface area contributed by atoms with E-state index in [0.29, 0.717) is 6.54 Å². The molecule has 0 saturated heterocycles. The van der Waals surface area contributed by atoms with Crippen LogP contribution >= 0.6 is 0 Å². The second-order valence-electron chi connectivity index (χ2n) is 4.70. The Labute approximate surface area is 119 Å². The lowest BCUT2D eigenvalue weighted by Gasteiger charge is -2.18. The molecule has 5 heteroatoms. The van der Waals surface area contributed by atoms with Gasteiger partial charge in [-0.05, 0) is 37.1 Å². The van der Waals surface area contributed by atoms with Gasteiger partial charge < -0.3 is 19.8 Å². The van der Waals surface area contributed by atoms with Crippen LogP contribution in [0.25, 0.3) is 0 Å². The lowest BCUT2D eigenvalue weighted by atomic mass is 10.0. The second-order valence-corrected chi connectivity index (χ2v) is 4.70. The summed E-state index contributed by atoms with van der Waals surface area (Å²) >= 11 is 0. The molecule has 20 heavy (non-hydrogen) atoms. The number of benzene rings is 1. The average molecular weight is 275 g/mol. The van der Waals surface area contributed by atoms with Crippen molar-refractivity contribution in [3.8, 4) is 11.5 Å². The van der Waals surface area contributed by atoms with Crippen molar-refractivity contribution in [2.75, 3.05) is 14.2 Å². The fraction of sp³-hybridized carbons (Fsp3) is 0.400. The van der Waals surface area contributed by atoms with Gasteiger partial charge in [-0.1, -0.05) is 0 Å². The zero-order valence-electron chi connectivity index (χ0n) is 12.4. The number of methoxy groups -OCH3 is 2. The molecule has 0 aliphatic carbocycles. The molecule has 0 saturated carbocycles. The van der Waals surface area contributed by atoms with Crippen molar-refractivity contribution in [3.05, 3.63) is 41.5 Å². The standard InChI is InChI=1S/C15H21N3O2/c1-10-7-13(19-3)14(20-4)8-12(10)11(2)18-9-15-16-5-6-17-15/h5-8,11,18H,9H2,1-4H3,(H,16,17). The van der Waals surface area contributed by atoms with E-state index in [-0.39, 0.29) is 6.04 Å². The number of rotatable bonds is 6. The second kappa shape index (κ2) is 6.43. The van der Waals surface area contributed by atoms with Crippen molar-refractivity contribution in [2.24, 2.45) is 0 Å². The summed E-state index contributed by atoms with van der Waals surface area (Å²) in [6.07, 6.45) is 3.58. The van der Waals surface area contributed by atoms with E-state index in [1.807, 2.05) is 18.3 Å².